The van der Waals surface area contributed by atoms with Gasteiger partial charge in [-0.1, -0.05) is 13.2 Å². The quantitative estimate of drug-likeness (QED) is 0.0249. The van der Waals surface area contributed by atoms with E-state index in [9.17, 15) is 28.8 Å². The Balaban J connectivity index is 1.10. The molecule has 0 unspecified atom stereocenters. The fourth-order valence-corrected chi connectivity index (χ4v) is 4.71. The van der Waals surface area contributed by atoms with Crippen molar-refractivity contribution in [2.75, 3.05) is 39.6 Å². The molecule has 0 spiro atoms. The van der Waals surface area contributed by atoms with Crippen LogP contribution in [0.25, 0.3) is 0 Å². The van der Waals surface area contributed by atoms with Crippen molar-refractivity contribution in [2.24, 2.45) is 0 Å². The van der Waals surface area contributed by atoms with Crippen LogP contribution in [0.1, 0.15) is 67.1 Å². The normalized spacial score (nSPS) is 10.3. The molecule has 0 aliphatic heterocycles. The molecule has 302 valence electrons. The number of unbranched alkanes of at least 4 members (excludes halogenated alkanes) is 2. The number of hydrogen-bond acceptors (Lipinski definition) is 14. The van der Waals surface area contributed by atoms with E-state index in [2.05, 4.69) is 13.2 Å². The zero-order valence-corrected chi connectivity index (χ0v) is 31.6. The second-order valence-electron chi connectivity index (χ2n) is 12.0. The first kappa shape index (κ1) is 43.5. The first-order chi connectivity index (χ1) is 28.1. The average Bonchev–Trinajstić information content (AvgIpc) is 3.25. The minimum absolute atomic E-state index is 0.193. The lowest BCUT2D eigenvalue weighted by molar-refractivity contribution is -0.138. The fraction of sp³-hybridized carbons (Fsp3) is 0.227. The molecule has 0 saturated carbocycles. The zero-order valence-electron chi connectivity index (χ0n) is 31.6. The first-order valence-electron chi connectivity index (χ1n) is 18.2. The van der Waals surface area contributed by atoms with Crippen molar-refractivity contribution in [3.63, 3.8) is 0 Å². The molecule has 14 heteroatoms. The van der Waals surface area contributed by atoms with Crippen molar-refractivity contribution in [1.29, 1.82) is 0 Å². The summed E-state index contributed by atoms with van der Waals surface area (Å²) in [7, 11) is 0. The van der Waals surface area contributed by atoms with Crippen LogP contribution in [0.3, 0.4) is 0 Å². The van der Waals surface area contributed by atoms with Gasteiger partial charge >= 0.3 is 35.8 Å². The molecule has 14 nitrogen and oxygen atoms in total. The van der Waals surface area contributed by atoms with Crippen LogP contribution in [0.2, 0.25) is 0 Å². The molecule has 0 heterocycles. The number of hydrogen-bond donors (Lipinski definition) is 0. The van der Waals surface area contributed by atoms with Crippen LogP contribution in [-0.4, -0.2) is 75.5 Å². The SMILES string of the molecule is C=CC(=O)OCCCCOc1ccc(C(=O)Oc2ccc(C(=O)OCCOC(=O)c3ccc(OC(=O)c4ccc(OCCCCOC(=O)C=C)cc4)cc3)cc2)cc1. The molecule has 0 fully saturated rings. The summed E-state index contributed by atoms with van der Waals surface area (Å²) in [6, 6.07) is 24.3. The maximum atomic E-state index is 12.6. The van der Waals surface area contributed by atoms with Gasteiger partial charge in [0, 0.05) is 12.2 Å². The lowest BCUT2D eigenvalue weighted by Crippen LogP contribution is -2.14. The number of ether oxygens (including phenoxy) is 8. The third kappa shape index (κ3) is 15.1. The summed E-state index contributed by atoms with van der Waals surface area (Å²) in [6.07, 6.45) is 4.83. The predicted molar refractivity (Wildman–Crippen MR) is 208 cm³/mol. The molecule has 0 N–H and O–H groups in total. The van der Waals surface area contributed by atoms with Gasteiger partial charge in [0.25, 0.3) is 0 Å². The Labute approximate surface area is 334 Å². The Morgan fingerprint density at radius 2 is 0.655 bits per heavy atom. The van der Waals surface area contributed by atoms with Gasteiger partial charge in [-0.05, 0) is 123 Å². The van der Waals surface area contributed by atoms with Crippen LogP contribution >= 0.6 is 0 Å². The third-order valence-electron chi connectivity index (χ3n) is 7.77. The third-order valence-corrected chi connectivity index (χ3v) is 7.77. The van der Waals surface area contributed by atoms with E-state index in [0.29, 0.717) is 61.5 Å². The molecule has 0 amide bonds. The Morgan fingerprint density at radius 3 is 0.983 bits per heavy atom. The number of benzene rings is 4. The molecular weight excluding hydrogens is 752 g/mol. The highest BCUT2D eigenvalue weighted by Crippen LogP contribution is 2.19. The fourth-order valence-electron chi connectivity index (χ4n) is 4.71. The molecule has 0 aliphatic rings. The van der Waals surface area contributed by atoms with E-state index in [1.54, 1.807) is 48.5 Å². The molecule has 0 aromatic heterocycles. The molecule has 4 aromatic rings. The second-order valence-corrected chi connectivity index (χ2v) is 12.0. The van der Waals surface area contributed by atoms with Crippen molar-refractivity contribution < 1.29 is 66.7 Å². The largest absolute Gasteiger partial charge is 0.494 e. The minimum Gasteiger partial charge on any atom is -0.494 e. The molecule has 4 rings (SSSR count). The summed E-state index contributed by atoms with van der Waals surface area (Å²) in [5, 5.41) is 0. The topological polar surface area (TPSA) is 176 Å². The van der Waals surface area contributed by atoms with Crippen molar-refractivity contribution in [3.8, 4) is 23.0 Å². The summed E-state index contributed by atoms with van der Waals surface area (Å²) in [4.78, 5) is 72.2. The van der Waals surface area contributed by atoms with Gasteiger partial charge in [-0.25, -0.2) is 28.8 Å². The summed E-state index contributed by atoms with van der Waals surface area (Å²) in [6.45, 7) is 7.63. The van der Waals surface area contributed by atoms with E-state index in [-0.39, 0.29) is 49.1 Å². The van der Waals surface area contributed by atoms with Gasteiger partial charge in [0.05, 0.1) is 48.7 Å². The van der Waals surface area contributed by atoms with Crippen LogP contribution in [0.15, 0.2) is 122 Å². The van der Waals surface area contributed by atoms with Crippen LogP contribution in [-0.2, 0) is 28.5 Å². The summed E-state index contributed by atoms with van der Waals surface area (Å²) in [5.41, 5.74) is 0.973. The molecule has 0 radical (unpaired) electrons. The molecule has 0 bridgehead atoms. The van der Waals surface area contributed by atoms with Gasteiger partial charge in [0.2, 0.25) is 0 Å². The van der Waals surface area contributed by atoms with Crippen molar-refractivity contribution in [3.05, 3.63) is 145 Å². The smallest absolute Gasteiger partial charge is 0.343 e. The summed E-state index contributed by atoms with van der Waals surface area (Å²) >= 11 is 0. The maximum absolute atomic E-state index is 12.6. The second kappa shape index (κ2) is 23.6. The molecule has 0 saturated heterocycles. The van der Waals surface area contributed by atoms with Gasteiger partial charge in [-0.3, -0.25) is 0 Å². The van der Waals surface area contributed by atoms with Crippen molar-refractivity contribution >= 4 is 35.8 Å². The summed E-state index contributed by atoms with van der Waals surface area (Å²) < 4.78 is 42.3. The summed E-state index contributed by atoms with van der Waals surface area (Å²) in [5.74, 6) is -1.93. The highest BCUT2D eigenvalue weighted by molar-refractivity contribution is 5.93. The van der Waals surface area contributed by atoms with Gasteiger partial charge in [-0.15, -0.1) is 0 Å². The van der Waals surface area contributed by atoms with Crippen molar-refractivity contribution in [2.45, 2.75) is 25.7 Å². The van der Waals surface area contributed by atoms with Gasteiger partial charge in [-0.2, -0.15) is 0 Å². The van der Waals surface area contributed by atoms with Gasteiger partial charge in [0.1, 0.15) is 36.2 Å². The lowest BCUT2D eigenvalue weighted by atomic mass is 10.2. The molecule has 0 atom stereocenters. The van der Waals surface area contributed by atoms with E-state index in [0.717, 1.165) is 12.2 Å². The maximum Gasteiger partial charge on any atom is 0.343 e. The van der Waals surface area contributed by atoms with E-state index in [1.807, 2.05) is 0 Å². The van der Waals surface area contributed by atoms with Crippen LogP contribution in [0.5, 0.6) is 23.0 Å². The molecule has 4 aromatic carbocycles. The van der Waals surface area contributed by atoms with E-state index in [1.165, 1.54) is 48.5 Å². The number of esters is 6. The molecule has 58 heavy (non-hydrogen) atoms. The molecule has 0 aliphatic carbocycles. The standard InChI is InChI=1S/C44H42O14/c1-3-39(45)53-27-7-5-25-51-35-17-9-33(10-18-35)43(49)57-37-21-13-31(14-22-37)41(47)55-29-30-56-42(48)32-15-23-38(24-16-32)58-44(50)34-11-19-36(20-12-34)52-26-6-8-28-54-40(46)4-2/h3-4,9-24H,1-2,5-8,25-30H2. The number of rotatable bonds is 23. The predicted octanol–water partition coefficient (Wildman–Crippen LogP) is 6.92. The molecular formula is C44H42O14. The lowest BCUT2D eigenvalue weighted by Gasteiger charge is -2.09. The highest BCUT2D eigenvalue weighted by atomic mass is 16.6. The first-order valence-corrected chi connectivity index (χ1v) is 18.2. The van der Waals surface area contributed by atoms with Crippen LogP contribution in [0.4, 0.5) is 0 Å². The zero-order chi connectivity index (χ0) is 41.5. The van der Waals surface area contributed by atoms with Gasteiger partial charge < -0.3 is 37.9 Å². The van der Waals surface area contributed by atoms with Crippen LogP contribution < -0.4 is 18.9 Å². The number of carbonyl (C=O) groups excluding carboxylic acids is 6. The minimum atomic E-state index is -0.670. The van der Waals surface area contributed by atoms with E-state index in [4.69, 9.17) is 37.9 Å². The monoisotopic (exact) mass is 794 g/mol. The Hall–Kier alpha value is -7.22. The van der Waals surface area contributed by atoms with Gasteiger partial charge in [0.15, 0.2) is 0 Å². The van der Waals surface area contributed by atoms with E-state index >= 15 is 0 Å². The van der Waals surface area contributed by atoms with Crippen LogP contribution in [0, 0.1) is 0 Å². The average molecular weight is 795 g/mol. The number of carbonyl (C=O) groups is 6. The van der Waals surface area contributed by atoms with E-state index < -0.39 is 35.8 Å². The Bertz CT molecular complexity index is 1850. The Morgan fingerprint density at radius 1 is 0.362 bits per heavy atom. The highest BCUT2D eigenvalue weighted by Gasteiger charge is 2.14. The Kier molecular flexibility index (Phi) is 17.7. The van der Waals surface area contributed by atoms with Crippen molar-refractivity contribution in [1.82, 2.24) is 0 Å².